The Labute approximate surface area is 160 Å². The summed E-state index contributed by atoms with van der Waals surface area (Å²) in [5.74, 6) is -1.54. The molecular formula is C21H19FN2O2S. The van der Waals surface area contributed by atoms with Gasteiger partial charge in [0.25, 0.3) is 5.91 Å². The molecule has 138 valence electrons. The van der Waals surface area contributed by atoms with Gasteiger partial charge in [-0.1, -0.05) is 18.2 Å². The first-order valence-electron chi connectivity index (χ1n) is 8.96. The summed E-state index contributed by atoms with van der Waals surface area (Å²) in [6.07, 6.45) is 2.08. The van der Waals surface area contributed by atoms with Crippen molar-refractivity contribution in [2.45, 2.75) is 32.1 Å². The number of rotatable bonds is 3. The lowest BCUT2D eigenvalue weighted by Crippen LogP contribution is -2.39. The summed E-state index contributed by atoms with van der Waals surface area (Å²) in [6, 6.07) is 9.92. The topological polar surface area (TPSA) is 58.5 Å². The van der Waals surface area contributed by atoms with E-state index in [2.05, 4.69) is 10.3 Å². The van der Waals surface area contributed by atoms with Gasteiger partial charge in [0.1, 0.15) is 11.6 Å². The van der Waals surface area contributed by atoms with Gasteiger partial charge in [0.05, 0.1) is 11.6 Å². The molecule has 2 heterocycles. The molecule has 27 heavy (non-hydrogen) atoms. The molecular weight excluding hydrogens is 363 g/mol. The maximum absolute atomic E-state index is 14.0. The lowest BCUT2D eigenvalue weighted by Gasteiger charge is -2.35. The largest absolute Gasteiger partial charge is 0.320 e. The summed E-state index contributed by atoms with van der Waals surface area (Å²) < 4.78 is 14.0. The van der Waals surface area contributed by atoms with Crippen LogP contribution in [0.5, 0.6) is 0 Å². The molecule has 2 aliphatic rings. The molecule has 1 saturated carbocycles. The Balaban J connectivity index is 1.78. The van der Waals surface area contributed by atoms with Crippen LogP contribution < -0.4 is 5.32 Å². The van der Waals surface area contributed by atoms with Gasteiger partial charge >= 0.3 is 0 Å². The summed E-state index contributed by atoms with van der Waals surface area (Å²) in [4.78, 5) is 31.4. The molecule has 6 heteroatoms. The van der Waals surface area contributed by atoms with Gasteiger partial charge in [-0.2, -0.15) is 0 Å². The first-order chi connectivity index (χ1) is 13.1. The molecule has 1 N–H and O–H groups in total. The maximum Gasteiger partial charge on any atom is 0.254 e. The predicted molar refractivity (Wildman–Crippen MR) is 105 cm³/mol. The molecule has 4 rings (SSSR count). The number of nitrogens with zero attached hydrogens (tertiary/aromatic N) is 1. The number of hydrogen-bond donors (Lipinski definition) is 1. The first kappa shape index (κ1) is 17.8. The van der Waals surface area contributed by atoms with Crippen LogP contribution in [-0.4, -0.2) is 17.4 Å². The quantitative estimate of drug-likeness (QED) is 0.836. The smallest absolute Gasteiger partial charge is 0.254 e. The van der Waals surface area contributed by atoms with Crippen LogP contribution in [0.3, 0.4) is 0 Å². The van der Waals surface area contributed by atoms with E-state index < -0.39 is 17.6 Å². The Morgan fingerprint density at radius 2 is 2.00 bits per heavy atom. The van der Waals surface area contributed by atoms with Gasteiger partial charge in [-0.05, 0) is 43.3 Å². The fraction of sp³-hybridized carbons (Fsp3) is 0.286. The molecule has 1 aromatic carbocycles. The maximum atomic E-state index is 14.0. The number of para-hydroxylation sites is 1. The highest BCUT2D eigenvalue weighted by molar-refractivity contribution is 7.10. The molecule has 0 bridgehead atoms. The van der Waals surface area contributed by atoms with E-state index in [-0.39, 0.29) is 17.4 Å². The second-order valence-corrected chi connectivity index (χ2v) is 7.81. The van der Waals surface area contributed by atoms with Crippen LogP contribution in [-0.2, 0) is 9.59 Å². The van der Waals surface area contributed by atoms with Crippen molar-refractivity contribution < 1.29 is 14.0 Å². The summed E-state index contributed by atoms with van der Waals surface area (Å²) in [5.41, 5.74) is 2.04. The highest BCUT2D eigenvalue weighted by atomic mass is 32.1. The van der Waals surface area contributed by atoms with Crippen molar-refractivity contribution in [3.8, 4) is 0 Å². The van der Waals surface area contributed by atoms with Crippen LogP contribution in [0.1, 0.15) is 37.0 Å². The highest BCUT2D eigenvalue weighted by Crippen LogP contribution is 2.44. The van der Waals surface area contributed by atoms with Crippen LogP contribution in [0.15, 0.2) is 58.0 Å². The third-order valence-corrected chi connectivity index (χ3v) is 6.08. The number of carbonyl (C=O) groups is 2. The van der Waals surface area contributed by atoms with Crippen LogP contribution in [0.25, 0.3) is 0 Å². The number of amides is 1. The number of nitrogens with one attached hydrogen (secondary N) is 1. The number of carbonyl (C=O) groups excluding carboxylic acids is 2. The van der Waals surface area contributed by atoms with Gasteiger partial charge < -0.3 is 5.32 Å². The van der Waals surface area contributed by atoms with Crippen molar-refractivity contribution in [1.29, 1.82) is 0 Å². The second kappa shape index (κ2) is 7.19. The standard InChI is InChI=1S/C21H19FN2O2S/c1-12-18(21(26)24-14-7-3-2-6-13(14)22)20(17-10-5-11-27-17)19-15(23-12)8-4-9-16(19)25/h2-3,5-7,10-11,19-20H,4,8-9H2,1H3,(H,24,26). The minimum absolute atomic E-state index is 0.123. The fourth-order valence-electron chi connectivity index (χ4n) is 3.94. The number of allylic oxidation sites excluding steroid dienone is 1. The lowest BCUT2D eigenvalue weighted by atomic mass is 9.71. The Morgan fingerprint density at radius 1 is 1.19 bits per heavy atom. The molecule has 0 saturated heterocycles. The van der Waals surface area contributed by atoms with Gasteiger partial charge in [0, 0.05) is 34.2 Å². The van der Waals surface area contributed by atoms with E-state index in [4.69, 9.17) is 0 Å². The molecule has 2 atom stereocenters. The number of benzene rings is 1. The van der Waals surface area contributed by atoms with Gasteiger partial charge in [-0.15, -0.1) is 11.3 Å². The van der Waals surface area contributed by atoms with Gasteiger partial charge in [0.2, 0.25) is 0 Å². The zero-order valence-electron chi connectivity index (χ0n) is 14.9. The zero-order valence-corrected chi connectivity index (χ0v) is 15.7. The van der Waals surface area contributed by atoms with Crippen LogP contribution in [0.2, 0.25) is 0 Å². The number of Topliss-reactive ketones (excluding diaryl/α,β-unsaturated/α-hetero) is 1. The van der Waals surface area contributed by atoms with E-state index in [0.717, 1.165) is 23.4 Å². The summed E-state index contributed by atoms with van der Waals surface area (Å²) >= 11 is 1.52. The third kappa shape index (κ3) is 3.25. The number of thiophene rings is 1. The number of fused-ring (bicyclic) bond motifs is 1. The predicted octanol–water partition coefficient (Wildman–Crippen LogP) is 4.71. The Kier molecular flexibility index (Phi) is 4.74. The second-order valence-electron chi connectivity index (χ2n) is 6.83. The van der Waals surface area contributed by atoms with E-state index in [1.54, 1.807) is 19.1 Å². The molecule has 0 spiro atoms. The Bertz CT molecular complexity index is 962. The van der Waals surface area contributed by atoms with E-state index >= 15 is 0 Å². The summed E-state index contributed by atoms with van der Waals surface area (Å²) in [7, 11) is 0. The van der Waals surface area contributed by atoms with Crippen molar-refractivity contribution in [2.24, 2.45) is 10.9 Å². The monoisotopic (exact) mass is 382 g/mol. The Hall–Kier alpha value is -2.60. The van der Waals surface area contributed by atoms with Gasteiger partial charge in [-0.25, -0.2) is 4.39 Å². The van der Waals surface area contributed by atoms with E-state index in [0.29, 0.717) is 17.7 Å². The SMILES string of the molecule is CC1=C(C(=O)Nc2ccccc2F)C(c2cccs2)C2C(=O)CCCC2=N1. The number of anilines is 1. The molecule has 1 aromatic heterocycles. The van der Waals surface area contributed by atoms with Crippen molar-refractivity contribution in [3.05, 3.63) is 63.7 Å². The van der Waals surface area contributed by atoms with Crippen molar-refractivity contribution >= 4 is 34.4 Å². The number of hydrogen-bond acceptors (Lipinski definition) is 4. The highest BCUT2D eigenvalue weighted by Gasteiger charge is 2.43. The van der Waals surface area contributed by atoms with Gasteiger partial charge in [-0.3, -0.25) is 14.6 Å². The fourth-order valence-corrected chi connectivity index (χ4v) is 4.82. The molecule has 0 radical (unpaired) electrons. The van der Waals surface area contributed by atoms with E-state index in [9.17, 15) is 14.0 Å². The third-order valence-electron chi connectivity index (χ3n) is 5.12. The molecule has 1 amide bonds. The number of aliphatic imine (C=N–C) groups is 1. The van der Waals surface area contributed by atoms with Crippen LogP contribution in [0, 0.1) is 11.7 Å². The van der Waals surface area contributed by atoms with Crippen LogP contribution >= 0.6 is 11.3 Å². The summed E-state index contributed by atoms with van der Waals surface area (Å²) in [6.45, 7) is 1.79. The van der Waals surface area contributed by atoms with Gasteiger partial charge in [0.15, 0.2) is 0 Å². The van der Waals surface area contributed by atoms with Crippen LogP contribution in [0.4, 0.5) is 10.1 Å². The molecule has 4 nitrogen and oxygen atoms in total. The van der Waals surface area contributed by atoms with Crippen molar-refractivity contribution in [1.82, 2.24) is 0 Å². The molecule has 1 fully saturated rings. The lowest BCUT2D eigenvalue weighted by molar-refractivity contribution is -0.122. The zero-order chi connectivity index (χ0) is 19.0. The average Bonchev–Trinajstić information content (AvgIpc) is 3.17. The molecule has 2 aromatic rings. The molecule has 2 unspecified atom stereocenters. The molecule has 1 aliphatic heterocycles. The van der Waals surface area contributed by atoms with E-state index in [1.807, 2.05) is 17.5 Å². The average molecular weight is 382 g/mol. The minimum Gasteiger partial charge on any atom is -0.320 e. The number of ketones is 1. The van der Waals surface area contributed by atoms with E-state index in [1.165, 1.54) is 23.5 Å². The van der Waals surface area contributed by atoms with Crippen molar-refractivity contribution in [3.63, 3.8) is 0 Å². The first-order valence-corrected chi connectivity index (χ1v) is 9.84. The normalized spacial score (nSPS) is 22.3. The number of halogens is 1. The minimum atomic E-state index is -0.495. The summed E-state index contributed by atoms with van der Waals surface area (Å²) in [5, 5.41) is 4.61. The van der Waals surface area contributed by atoms with Crippen molar-refractivity contribution in [2.75, 3.05) is 5.32 Å². The molecule has 1 aliphatic carbocycles. The Morgan fingerprint density at radius 3 is 2.74 bits per heavy atom.